The Balaban J connectivity index is 2.31. The predicted molar refractivity (Wildman–Crippen MR) is 101 cm³/mol. The minimum absolute atomic E-state index is 0.0779. The van der Waals surface area contributed by atoms with Gasteiger partial charge >= 0.3 is 0 Å². The molecule has 2 aromatic carbocycles. The maximum Gasteiger partial charge on any atom is 0.207 e. The van der Waals surface area contributed by atoms with E-state index in [1.54, 1.807) is 42.5 Å². The van der Waals surface area contributed by atoms with Crippen molar-refractivity contribution in [1.29, 1.82) is 10.5 Å². The smallest absolute Gasteiger partial charge is 0.207 e. The summed E-state index contributed by atoms with van der Waals surface area (Å²) < 4.78 is 26.4. The summed E-state index contributed by atoms with van der Waals surface area (Å²) in [6, 6.07) is 19.4. The maximum atomic E-state index is 13.2. The van der Waals surface area contributed by atoms with Crippen LogP contribution in [0.1, 0.15) is 16.7 Å². The van der Waals surface area contributed by atoms with Crippen molar-refractivity contribution < 1.29 is 8.42 Å². The van der Waals surface area contributed by atoms with Crippen molar-refractivity contribution in [1.82, 2.24) is 0 Å². The van der Waals surface area contributed by atoms with Gasteiger partial charge in [-0.2, -0.15) is 10.5 Å². The van der Waals surface area contributed by atoms with Crippen LogP contribution in [0.15, 0.2) is 77.9 Å². The van der Waals surface area contributed by atoms with Crippen LogP contribution in [0, 0.1) is 29.6 Å². The van der Waals surface area contributed by atoms with Crippen LogP contribution in [0.5, 0.6) is 0 Å². The van der Waals surface area contributed by atoms with Gasteiger partial charge < -0.3 is 0 Å². The van der Waals surface area contributed by atoms with Gasteiger partial charge in [-0.1, -0.05) is 60.2 Å². The van der Waals surface area contributed by atoms with Crippen molar-refractivity contribution in [3.8, 4) is 12.1 Å². The molecule has 126 valence electrons. The summed E-state index contributed by atoms with van der Waals surface area (Å²) in [5, 5.41) is 18.4. The number of hydrogen-bond acceptors (Lipinski definition) is 4. The highest BCUT2D eigenvalue weighted by Gasteiger charge is 2.30. The number of allylic oxidation sites excluding steroid dienone is 4. The topological polar surface area (TPSA) is 81.7 Å². The molecule has 0 saturated carbocycles. The Kier molecular flexibility index (Phi) is 4.58. The molecule has 0 spiro atoms. The molecular weight excluding hydrogens is 344 g/mol. The molecule has 0 N–H and O–H groups in total. The van der Waals surface area contributed by atoms with Crippen LogP contribution < -0.4 is 0 Å². The Morgan fingerprint density at radius 3 is 1.81 bits per heavy atom. The summed E-state index contributed by atoms with van der Waals surface area (Å²) in [4.78, 5) is 0.158. The van der Waals surface area contributed by atoms with Crippen LogP contribution in [0.25, 0.3) is 9.81 Å². The zero-order valence-corrected chi connectivity index (χ0v) is 14.8. The van der Waals surface area contributed by atoms with Crippen molar-refractivity contribution >= 4 is 19.6 Å². The van der Waals surface area contributed by atoms with Crippen LogP contribution in [0.2, 0.25) is 0 Å². The molecule has 0 saturated heterocycles. The number of rotatable bonds is 2. The molecule has 1 heterocycles. The van der Waals surface area contributed by atoms with Crippen molar-refractivity contribution in [2.24, 2.45) is 0 Å². The van der Waals surface area contributed by atoms with E-state index in [2.05, 4.69) is 0 Å². The number of sulfone groups is 1. The van der Waals surface area contributed by atoms with Gasteiger partial charge in [0.15, 0.2) is 0 Å². The molecule has 1 aliphatic heterocycles. The lowest BCUT2D eigenvalue weighted by atomic mass is 10.0. The van der Waals surface area contributed by atoms with Crippen molar-refractivity contribution in [3.63, 3.8) is 0 Å². The fourth-order valence-corrected chi connectivity index (χ4v) is 4.39. The summed E-state index contributed by atoms with van der Waals surface area (Å²) in [5.41, 5.74) is 2.20. The Hall–Kier alpha value is -3.41. The van der Waals surface area contributed by atoms with E-state index in [9.17, 15) is 18.9 Å². The molecule has 0 aliphatic carbocycles. The van der Waals surface area contributed by atoms with E-state index in [0.717, 1.165) is 5.56 Å². The first-order chi connectivity index (χ1) is 12.5. The summed E-state index contributed by atoms with van der Waals surface area (Å²) in [6.45, 7) is 1.91. The molecule has 5 heteroatoms. The van der Waals surface area contributed by atoms with E-state index in [4.69, 9.17) is 0 Å². The molecule has 0 aromatic heterocycles. The summed E-state index contributed by atoms with van der Waals surface area (Å²) in [6.07, 6.45) is 2.79. The van der Waals surface area contributed by atoms with Crippen molar-refractivity contribution in [2.45, 2.75) is 6.92 Å². The zero-order chi connectivity index (χ0) is 18.7. The second-order valence-electron chi connectivity index (χ2n) is 5.81. The van der Waals surface area contributed by atoms with Gasteiger partial charge in [0.05, 0.1) is 9.81 Å². The van der Waals surface area contributed by atoms with Crippen LogP contribution in [0.4, 0.5) is 0 Å². The third kappa shape index (κ3) is 3.09. The average Bonchev–Trinajstić information content (AvgIpc) is 2.65. The molecule has 0 unspecified atom stereocenters. The Labute approximate surface area is 152 Å². The summed E-state index contributed by atoms with van der Waals surface area (Å²) >= 11 is 0. The summed E-state index contributed by atoms with van der Waals surface area (Å²) in [7, 11) is -3.80. The Morgan fingerprint density at radius 1 is 0.808 bits per heavy atom. The maximum absolute atomic E-state index is 13.2. The van der Waals surface area contributed by atoms with Crippen LogP contribution >= 0.6 is 0 Å². The molecule has 0 radical (unpaired) electrons. The van der Waals surface area contributed by atoms with Gasteiger partial charge in [0, 0.05) is 5.57 Å². The fraction of sp³-hybridized carbons (Fsp3) is 0.0476. The van der Waals surface area contributed by atoms with E-state index in [1.807, 2.05) is 31.2 Å². The summed E-state index contributed by atoms with van der Waals surface area (Å²) in [5.74, 6) is 0. The molecule has 26 heavy (non-hydrogen) atoms. The molecule has 2 aromatic rings. The van der Waals surface area contributed by atoms with Crippen LogP contribution in [0.3, 0.4) is 0 Å². The molecule has 0 fully saturated rings. The molecule has 0 atom stereocenters. The lowest BCUT2D eigenvalue weighted by Crippen LogP contribution is -2.11. The molecule has 3 rings (SSSR count). The van der Waals surface area contributed by atoms with E-state index in [-0.39, 0.29) is 15.4 Å². The monoisotopic (exact) mass is 358 g/mol. The highest BCUT2D eigenvalue weighted by atomic mass is 32.2. The van der Waals surface area contributed by atoms with Crippen molar-refractivity contribution in [3.05, 3.63) is 94.6 Å². The number of nitriles is 2. The lowest BCUT2D eigenvalue weighted by molar-refractivity contribution is 0.614. The normalized spacial score (nSPS) is 15.3. The Morgan fingerprint density at radius 2 is 1.31 bits per heavy atom. The largest absolute Gasteiger partial charge is 0.218 e. The van der Waals surface area contributed by atoms with Gasteiger partial charge in [0.2, 0.25) is 9.84 Å². The van der Waals surface area contributed by atoms with Gasteiger partial charge in [0.1, 0.15) is 17.7 Å². The molecule has 4 nitrogen and oxygen atoms in total. The first-order valence-corrected chi connectivity index (χ1v) is 9.31. The second kappa shape index (κ2) is 6.84. The number of aryl methyl sites for hydroxylation is 1. The predicted octanol–water partition coefficient (Wildman–Crippen LogP) is 4.15. The van der Waals surface area contributed by atoms with E-state index < -0.39 is 9.84 Å². The minimum Gasteiger partial charge on any atom is -0.218 e. The Bertz CT molecular complexity index is 1120. The number of hydrogen-bond donors (Lipinski definition) is 0. The quantitative estimate of drug-likeness (QED) is 0.755. The van der Waals surface area contributed by atoms with Crippen molar-refractivity contribution in [2.75, 3.05) is 0 Å². The SMILES string of the molecule is Cc1ccc(C2=CC(=C(C#N)C#N)C=C(c3ccccc3)S2(=O)=O)cc1. The number of nitrogens with zero attached hydrogens (tertiary/aromatic N) is 2. The molecule has 0 amide bonds. The minimum atomic E-state index is -3.80. The third-order valence-electron chi connectivity index (χ3n) is 4.06. The zero-order valence-electron chi connectivity index (χ0n) is 14.0. The first kappa shape index (κ1) is 17.4. The van der Waals surface area contributed by atoms with E-state index >= 15 is 0 Å². The third-order valence-corrected chi connectivity index (χ3v) is 5.92. The average molecular weight is 358 g/mol. The number of benzene rings is 2. The molecule has 0 bridgehead atoms. The van der Waals surface area contributed by atoms with E-state index in [0.29, 0.717) is 16.7 Å². The fourth-order valence-electron chi connectivity index (χ4n) is 2.69. The van der Waals surface area contributed by atoms with Gasteiger partial charge in [-0.15, -0.1) is 0 Å². The standard InChI is InChI=1S/C21H14N2O2S/c1-15-7-9-17(10-8-15)21-12-18(19(13-22)14-23)11-20(26(21,24)25)16-5-3-2-4-6-16/h2-12H,1H3. The van der Waals surface area contributed by atoms with Crippen LogP contribution in [-0.4, -0.2) is 8.42 Å². The van der Waals surface area contributed by atoms with Gasteiger partial charge in [-0.3, -0.25) is 0 Å². The highest BCUT2D eigenvalue weighted by molar-refractivity contribution is 8.09. The highest BCUT2D eigenvalue weighted by Crippen LogP contribution is 2.39. The molecule has 1 aliphatic rings. The first-order valence-electron chi connectivity index (χ1n) is 7.83. The van der Waals surface area contributed by atoms with E-state index in [1.165, 1.54) is 12.2 Å². The molecular formula is C21H14N2O2S. The van der Waals surface area contributed by atoms with Gasteiger partial charge in [0.25, 0.3) is 0 Å². The van der Waals surface area contributed by atoms with Gasteiger partial charge in [-0.05, 0) is 30.2 Å². The van der Waals surface area contributed by atoms with Gasteiger partial charge in [-0.25, -0.2) is 8.42 Å². The lowest BCUT2D eigenvalue weighted by Gasteiger charge is -2.18. The second-order valence-corrected chi connectivity index (χ2v) is 7.69. The van der Waals surface area contributed by atoms with Crippen LogP contribution in [-0.2, 0) is 9.84 Å².